The molecule has 1 aromatic carbocycles. The molecule has 0 heterocycles. The second-order valence-corrected chi connectivity index (χ2v) is 5.75. The summed E-state index contributed by atoms with van der Waals surface area (Å²) in [5.74, 6) is -1.39. The van der Waals surface area contributed by atoms with Gasteiger partial charge in [0.2, 0.25) is 0 Å². The Morgan fingerprint density at radius 3 is 2.32 bits per heavy atom. The van der Waals surface area contributed by atoms with Crippen LogP contribution in [0.4, 0.5) is 5.69 Å². The molecule has 0 bridgehead atoms. The van der Waals surface area contributed by atoms with Crippen molar-refractivity contribution in [1.82, 2.24) is 5.32 Å². The average Bonchev–Trinajstić information content (AvgIpc) is 2.76. The van der Waals surface area contributed by atoms with E-state index < -0.39 is 11.8 Å². The highest BCUT2D eigenvalue weighted by Crippen LogP contribution is 2.17. The second-order valence-electron chi connectivity index (χ2n) is 5.75. The molecular formula is C17H22N2O3. The van der Waals surface area contributed by atoms with Crippen LogP contribution < -0.4 is 10.6 Å². The number of carbonyl (C=O) groups excluding carboxylic acids is 3. The van der Waals surface area contributed by atoms with E-state index in [2.05, 4.69) is 10.6 Å². The first-order chi connectivity index (χ1) is 10.6. The van der Waals surface area contributed by atoms with Gasteiger partial charge in [0.05, 0.1) is 0 Å². The first kappa shape index (κ1) is 16.2. The minimum atomic E-state index is -0.690. The molecule has 0 saturated heterocycles. The molecular weight excluding hydrogens is 280 g/mol. The maximum absolute atomic E-state index is 12.0. The number of benzene rings is 1. The molecule has 22 heavy (non-hydrogen) atoms. The van der Waals surface area contributed by atoms with Gasteiger partial charge in [-0.3, -0.25) is 14.4 Å². The number of nitrogens with one attached hydrogen (secondary N) is 2. The van der Waals surface area contributed by atoms with Crippen LogP contribution in [0, 0.1) is 0 Å². The van der Waals surface area contributed by atoms with Crippen molar-refractivity contribution in [2.45, 2.75) is 51.5 Å². The van der Waals surface area contributed by atoms with Crippen molar-refractivity contribution >= 4 is 23.3 Å². The van der Waals surface area contributed by atoms with E-state index in [0.29, 0.717) is 11.3 Å². The van der Waals surface area contributed by atoms with Gasteiger partial charge in [-0.1, -0.05) is 37.8 Å². The molecule has 118 valence electrons. The average molecular weight is 302 g/mol. The van der Waals surface area contributed by atoms with E-state index >= 15 is 0 Å². The number of hydrogen-bond donors (Lipinski definition) is 2. The molecule has 0 spiro atoms. The molecule has 2 N–H and O–H groups in total. The van der Waals surface area contributed by atoms with Crippen molar-refractivity contribution in [2.24, 2.45) is 0 Å². The van der Waals surface area contributed by atoms with Gasteiger partial charge in [0, 0.05) is 17.3 Å². The number of carbonyl (C=O) groups is 3. The van der Waals surface area contributed by atoms with Gasteiger partial charge >= 0.3 is 11.8 Å². The molecule has 5 heteroatoms. The summed E-state index contributed by atoms with van der Waals surface area (Å²) >= 11 is 0. The summed E-state index contributed by atoms with van der Waals surface area (Å²) in [6.07, 6.45) is 6.42. The summed E-state index contributed by atoms with van der Waals surface area (Å²) < 4.78 is 0. The van der Waals surface area contributed by atoms with Crippen LogP contribution >= 0.6 is 0 Å². The Bertz CT molecular complexity index is 561. The highest BCUT2D eigenvalue weighted by atomic mass is 16.2. The summed E-state index contributed by atoms with van der Waals surface area (Å²) in [4.78, 5) is 35.2. The number of hydrogen-bond acceptors (Lipinski definition) is 3. The van der Waals surface area contributed by atoms with Crippen molar-refractivity contribution in [2.75, 3.05) is 5.32 Å². The van der Waals surface area contributed by atoms with Crippen molar-refractivity contribution in [3.8, 4) is 0 Å². The molecule has 1 fully saturated rings. The number of rotatable bonds is 3. The molecule has 0 aliphatic heterocycles. The van der Waals surface area contributed by atoms with Gasteiger partial charge in [-0.05, 0) is 31.9 Å². The molecule has 2 rings (SSSR count). The standard InChI is InChI=1S/C17H22N2O3/c1-12(20)13-7-6-10-15(11-13)19-17(22)16(21)18-14-8-4-2-3-5-9-14/h6-7,10-11,14H,2-5,8-9H2,1H3,(H,18,21)(H,19,22). The fraction of sp³-hybridized carbons (Fsp3) is 0.471. The van der Waals surface area contributed by atoms with Crippen LogP contribution in [0.3, 0.4) is 0 Å². The largest absolute Gasteiger partial charge is 0.345 e. The van der Waals surface area contributed by atoms with Gasteiger partial charge in [-0.25, -0.2) is 0 Å². The Morgan fingerprint density at radius 2 is 1.68 bits per heavy atom. The number of Topliss-reactive ketones (excluding diaryl/α,β-unsaturated/α-hetero) is 1. The van der Waals surface area contributed by atoms with E-state index in [0.717, 1.165) is 25.7 Å². The Balaban J connectivity index is 1.92. The topological polar surface area (TPSA) is 75.3 Å². The third kappa shape index (κ3) is 4.69. The van der Waals surface area contributed by atoms with Crippen molar-refractivity contribution < 1.29 is 14.4 Å². The smallest absolute Gasteiger partial charge is 0.313 e. The van der Waals surface area contributed by atoms with Gasteiger partial charge in [-0.2, -0.15) is 0 Å². The zero-order chi connectivity index (χ0) is 15.9. The summed E-state index contributed by atoms with van der Waals surface area (Å²) in [5, 5.41) is 5.34. The van der Waals surface area contributed by atoms with Gasteiger partial charge in [0.15, 0.2) is 5.78 Å². The van der Waals surface area contributed by atoms with Crippen LogP contribution in [-0.2, 0) is 9.59 Å². The maximum Gasteiger partial charge on any atom is 0.313 e. The lowest BCUT2D eigenvalue weighted by molar-refractivity contribution is -0.136. The molecule has 2 amide bonds. The molecule has 1 saturated carbocycles. The van der Waals surface area contributed by atoms with Crippen LogP contribution in [-0.4, -0.2) is 23.6 Å². The monoisotopic (exact) mass is 302 g/mol. The predicted molar refractivity (Wildman–Crippen MR) is 84.7 cm³/mol. The van der Waals surface area contributed by atoms with Crippen LogP contribution in [0.5, 0.6) is 0 Å². The summed E-state index contributed by atoms with van der Waals surface area (Å²) in [5.41, 5.74) is 0.954. The van der Waals surface area contributed by atoms with Crippen molar-refractivity contribution in [1.29, 1.82) is 0 Å². The normalized spacial score (nSPS) is 15.7. The lowest BCUT2D eigenvalue weighted by atomic mass is 10.1. The van der Waals surface area contributed by atoms with Gasteiger partial charge in [0.1, 0.15) is 0 Å². The minimum Gasteiger partial charge on any atom is -0.345 e. The van der Waals surface area contributed by atoms with Gasteiger partial charge in [-0.15, -0.1) is 0 Å². The Kier molecular flexibility index (Phi) is 5.69. The number of ketones is 1. The van der Waals surface area contributed by atoms with E-state index in [9.17, 15) is 14.4 Å². The molecule has 0 aromatic heterocycles. The molecule has 0 atom stereocenters. The summed E-state index contributed by atoms with van der Waals surface area (Å²) in [7, 11) is 0. The molecule has 1 aromatic rings. The van der Waals surface area contributed by atoms with Crippen LogP contribution in [0.15, 0.2) is 24.3 Å². The molecule has 0 radical (unpaired) electrons. The minimum absolute atomic E-state index is 0.0843. The third-order valence-corrected chi connectivity index (χ3v) is 3.92. The zero-order valence-electron chi connectivity index (χ0n) is 12.9. The SMILES string of the molecule is CC(=O)c1cccc(NC(=O)C(=O)NC2CCCCCC2)c1. The fourth-order valence-electron chi connectivity index (χ4n) is 2.68. The zero-order valence-corrected chi connectivity index (χ0v) is 12.9. The van der Waals surface area contributed by atoms with Crippen LogP contribution in [0.1, 0.15) is 55.8 Å². The number of amides is 2. The Hall–Kier alpha value is -2.17. The quantitative estimate of drug-likeness (QED) is 0.512. The molecule has 1 aliphatic rings. The first-order valence-electron chi connectivity index (χ1n) is 7.79. The van der Waals surface area contributed by atoms with Gasteiger partial charge < -0.3 is 10.6 Å². The Labute approximate surface area is 130 Å². The Morgan fingerprint density at radius 1 is 1.00 bits per heavy atom. The van der Waals surface area contributed by atoms with E-state index in [-0.39, 0.29) is 11.8 Å². The second kappa shape index (κ2) is 7.73. The predicted octanol–water partition coefficient (Wildman–Crippen LogP) is 2.67. The maximum atomic E-state index is 12.0. The fourth-order valence-corrected chi connectivity index (χ4v) is 2.68. The molecule has 1 aliphatic carbocycles. The van der Waals surface area contributed by atoms with E-state index in [1.165, 1.54) is 19.8 Å². The van der Waals surface area contributed by atoms with Crippen molar-refractivity contribution in [3.05, 3.63) is 29.8 Å². The summed E-state index contributed by atoms with van der Waals surface area (Å²) in [6, 6.07) is 6.66. The molecule has 5 nitrogen and oxygen atoms in total. The molecule has 0 unspecified atom stereocenters. The van der Waals surface area contributed by atoms with Crippen molar-refractivity contribution in [3.63, 3.8) is 0 Å². The number of anilines is 1. The lowest BCUT2D eigenvalue weighted by Gasteiger charge is -2.15. The first-order valence-corrected chi connectivity index (χ1v) is 7.79. The van der Waals surface area contributed by atoms with Crippen LogP contribution in [0.25, 0.3) is 0 Å². The third-order valence-electron chi connectivity index (χ3n) is 3.92. The lowest BCUT2D eigenvalue weighted by Crippen LogP contribution is -2.41. The van der Waals surface area contributed by atoms with E-state index in [1.807, 2.05) is 0 Å². The van der Waals surface area contributed by atoms with Crippen LogP contribution in [0.2, 0.25) is 0 Å². The summed E-state index contributed by atoms with van der Waals surface area (Å²) in [6.45, 7) is 1.46. The highest BCUT2D eigenvalue weighted by molar-refractivity contribution is 6.39. The van der Waals surface area contributed by atoms with Gasteiger partial charge in [0.25, 0.3) is 0 Å². The van der Waals surface area contributed by atoms with E-state index in [4.69, 9.17) is 0 Å². The van der Waals surface area contributed by atoms with E-state index in [1.54, 1.807) is 24.3 Å². The highest BCUT2D eigenvalue weighted by Gasteiger charge is 2.19.